The van der Waals surface area contributed by atoms with Crippen molar-refractivity contribution in [1.29, 1.82) is 0 Å². The van der Waals surface area contributed by atoms with Crippen LogP contribution in [0.15, 0.2) is 0 Å². The number of nitrogens with zero attached hydrogens (tertiary/aromatic N) is 2. The number of amides is 2. The van der Waals surface area contributed by atoms with E-state index in [1.54, 1.807) is 4.90 Å². The van der Waals surface area contributed by atoms with Gasteiger partial charge in [0.1, 0.15) is 5.88 Å². The minimum Gasteiger partial charge on any atom is -0.346 e. The maximum absolute atomic E-state index is 11.7. The normalized spacial score (nSPS) is 17.2. The third-order valence-corrected chi connectivity index (χ3v) is 2.97. The Morgan fingerprint density at radius 3 is 2.38 bits per heavy atom. The monoisotopic (exact) mass is 247 g/mol. The third kappa shape index (κ3) is 3.98. The summed E-state index contributed by atoms with van der Waals surface area (Å²) >= 11 is 5.32. The fraction of sp³-hybridized carbons (Fsp3) is 0.800. The summed E-state index contributed by atoms with van der Waals surface area (Å²) in [5.41, 5.74) is 0. The van der Waals surface area contributed by atoms with Gasteiger partial charge < -0.3 is 15.1 Å². The number of alkyl halides is 1. The molecule has 1 saturated heterocycles. The summed E-state index contributed by atoms with van der Waals surface area (Å²) in [6, 6.07) is 0. The molecule has 5 nitrogen and oxygen atoms in total. The Hall–Kier alpha value is -0.810. The van der Waals surface area contributed by atoms with E-state index in [0.29, 0.717) is 0 Å². The second-order valence-corrected chi connectivity index (χ2v) is 3.99. The maximum atomic E-state index is 11.7. The molecule has 0 atom stereocenters. The van der Waals surface area contributed by atoms with Gasteiger partial charge in [-0.05, 0) is 6.54 Å². The van der Waals surface area contributed by atoms with Crippen molar-refractivity contribution < 1.29 is 9.59 Å². The molecule has 0 radical (unpaired) electrons. The van der Waals surface area contributed by atoms with Gasteiger partial charge in [0, 0.05) is 26.2 Å². The molecule has 1 aliphatic rings. The SMILES string of the molecule is CCN1CCN(C(=O)CNC(=O)CCl)CC1. The second-order valence-electron chi connectivity index (χ2n) is 3.73. The van der Waals surface area contributed by atoms with E-state index in [1.165, 1.54) is 0 Å². The number of nitrogens with one attached hydrogen (secondary N) is 1. The Balaban J connectivity index is 2.25. The third-order valence-electron chi connectivity index (χ3n) is 2.73. The van der Waals surface area contributed by atoms with Crippen LogP contribution in [0.25, 0.3) is 0 Å². The van der Waals surface area contributed by atoms with Gasteiger partial charge in [0.05, 0.1) is 6.54 Å². The molecule has 1 heterocycles. The lowest BCUT2D eigenvalue weighted by atomic mass is 10.3. The molecule has 1 rings (SSSR count). The Bertz CT molecular complexity index is 252. The van der Waals surface area contributed by atoms with Gasteiger partial charge in [-0.3, -0.25) is 9.59 Å². The predicted octanol–water partition coefficient (Wildman–Crippen LogP) is -0.494. The summed E-state index contributed by atoms with van der Waals surface area (Å²) in [5, 5.41) is 2.48. The zero-order valence-corrected chi connectivity index (χ0v) is 10.3. The van der Waals surface area contributed by atoms with Gasteiger partial charge in [0.15, 0.2) is 0 Å². The molecule has 16 heavy (non-hydrogen) atoms. The zero-order chi connectivity index (χ0) is 12.0. The van der Waals surface area contributed by atoms with Crippen molar-refractivity contribution in [3.63, 3.8) is 0 Å². The van der Waals surface area contributed by atoms with Gasteiger partial charge in [-0.25, -0.2) is 0 Å². The summed E-state index contributed by atoms with van der Waals surface area (Å²) in [4.78, 5) is 26.6. The first kappa shape index (κ1) is 13.3. The van der Waals surface area contributed by atoms with Crippen molar-refractivity contribution in [3.8, 4) is 0 Å². The Kier molecular flexibility index (Phi) is 5.55. The summed E-state index contributed by atoms with van der Waals surface area (Å²) < 4.78 is 0. The molecule has 1 aliphatic heterocycles. The van der Waals surface area contributed by atoms with Gasteiger partial charge >= 0.3 is 0 Å². The minimum atomic E-state index is -0.304. The molecule has 0 aromatic carbocycles. The summed E-state index contributed by atoms with van der Waals surface area (Å²) in [6.45, 7) is 6.48. The number of likely N-dealkylation sites (N-methyl/N-ethyl adjacent to an activating group) is 1. The van der Waals surface area contributed by atoms with Crippen LogP contribution >= 0.6 is 11.6 Å². The zero-order valence-electron chi connectivity index (χ0n) is 9.54. The highest BCUT2D eigenvalue weighted by Crippen LogP contribution is 2.00. The van der Waals surface area contributed by atoms with Crippen molar-refractivity contribution in [1.82, 2.24) is 15.1 Å². The van der Waals surface area contributed by atoms with Gasteiger partial charge in [0.2, 0.25) is 11.8 Å². The van der Waals surface area contributed by atoms with E-state index in [-0.39, 0.29) is 24.2 Å². The smallest absolute Gasteiger partial charge is 0.242 e. The Morgan fingerprint density at radius 2 is 1.88 bits per heavy atom. The predicted molar refractivity (Wildman–Crippen MR) is 62.4 cm³/mol. The van der Waals surface area contributed by atoms with Crippen LogP contribution in [-0.4, -0.2) is 66.8 Å². The van der Waals surface area contributed by atoms with E-state index >= 15 is 0 Å². The van der Waals surface area contributed by atoms with Crippen LogP contribution in [0.5, 0.6) is 0 Å². The average molecular weight is 248 g/mol. The van der Waals surface area contributed by atoms with E-state index in [2.05, 4.69) is 17.1 Å². The molecule has 0 spiro atoms. The van der Waals surface area contributed by atoms with Gasteiger partial charge in [-0.2, -0.15) is 0 Å². The molecule has 92 valence electrons. The molecular weight excluding hydrogens is 230 g/mol. The fourth-order valence-electron chi connectivity index (χ4n) is 1.65. The highest BCUT2D eigenvalue weighted by atomic mass is 35.5. The van der Waals surface area contributed by atoms with E-state index < -0.39 is 0 Å². The van der Waals surface area contributed by atoms with E-state index in [4.69, 9.17) is 11.6 Å². The molecule has 2 amide bonds. The molecule has 0 saturated carbocycles. The summed E-state index contributed by atoms with van der Waals surface area (Å²) in [7, 11) is 0. The maximum Gasteiger partial charge on any atom is 0.242 e. The van der Waals surface area contributed by atoms with Crippen molar-refractivity contribution in [3.05, 3.63) is 0 Å². The molecular formula is C10H18ClN3O2. The molecule has 0 aliphatic carbocycles. The first-order valence-electron chi connectivity index (χ1n) is 5.50. The summed E-state index contributed by atoms with van der Waals surface area (Å²) in [5.74, 6) is -0.437. The van der Waals surface area contributed by atoms with Crippen LogP contribution in [0.3, 0.4) is 0 Å². The lowest BCUT2D eigenvalue weighted by Crippen LogP contribution is -2.51. The van der Waals surface area contributed by atoms with Crippen molar-refractivity contribution in [2.45, 2.75) is 6.92 Å². The number of piperazine rings is 1. The van der Waals surface area contributed by atoms with Gasteiger partial charge in [-0.15, -0.1) is 11.6 Å². The van der Waals surface area contributed by atoms with Crippen LogP contribution in [0.4, 0.5) is 0 Å². The standard InChI is InChI=1S/C10H18ClN3O2/c1-2-13-3-5-14(6-4-13)10(16)8-12-9(15)7-11/h2-8H2,1H3,(H,12,15). The van der Waals surface area contributed by atoms with Crippen LogP contribution in [-0.2, 0) is 9.59 Å². The van der Waals surface area contributed by atoms with E-state index in [9.17, 15) is 9.59 Å². The minimum absolute atomic E-state index is 0.0331. The average Bonchev–Trinajstić information content (AvgIpc) is 2.35. The number of hydrogen-bond donors (Lipinski definition) is 1. The van der Waals surface area contributed by atoms with Crippen LogP contribution in [0, 0.1) is 0 Å². The number of rotatable bonds is 4. The number of carbonyl (C=O) groups excluding carboxylic acids is 2. The van der Waals surface area contributed by atoms with Crippen LogP contribution in [0.2, 0.25) is 0 Å². The first-order valence-corrected chi connectivity index (χ1v) is 6.03. The van der Waals surface area contributed by atoms with Crippen molar-refractivity contribution >= 4 is 23.4 Å². The Labute approximate surface area is 101 Å². The molecule has 0 aromatic heterocycles. The van der Waals surface area contributed by atoms with Crippen LogP contribution in [0.1, 0.15) is 6.92 Å². The largest absolute Gasteiger partial charge is 0.346 e. The van der Waals surface area contributed by atoms with Crippen molar-refractivity contribution in [2.24, 2.45) is 0 Å². The van der Waals surface area contributed by atoms with Crippen LogP contribution < -0.4 is 5.32 Å². The number of carbonyl (C=O) groups is 2. The van der Waals surface area contributed by atoms with E-state index in [1.807, 2.05) is 0 Å². The highest BCUT2D eigenvalue weighted by Gasteiger charge is 2.19. The second kappa shape index (κ2) is 6.70. The molecule has 1 N–H and O–H groups in total. The first-order chi connectivity index (χ1) is 7.67. The molecule has 0 aromatic rings. The van der Waals surface area contributed by atoms with E-state index in [0.717, 1.165) is 32.7 Å². The fourth-order valence-corrected chi connectivity index (χ4v) is 1.74. The lowest BCUT2D eigenvalue weighted by Gasteiger charge is -2.34. The highest BCUT2D eigenvalue weighted by molar-refractivity contribution is 6.27. The van der Waals surface area contributed by atoms with Gasteiger partial charge in [0.25, 0.3) is 0 Å². The van der Waals surface area contributed by atoms with Gasteiger partial charge in [-0.1, -0.05) is 6.92 Å². The summed E-state index contributed by atoms with van der Waals surface area (Å²) in [6.07, 6.45) is 0. The number of hydrogen-bond acceptors (Lipinski definition) is 3. The molecule has 0 unspecified atom stereocenters. The molecule has 0 bridgehead atoms. The number of halogens is 1. The van der Waals surface area contributed by atoms with Crippen molar-refractivity contribution in [2.75, 3.05) is 45.1 Å². The quantitative estimate of drug-likeness (QED) is 0.682. The lowest BCUT2D eigenvalue weighted by molar-refractivity contribution is -0.133. The molecule has 1 fully saturated rings. The topological polar surface area (TPSA) is 52.6 Å². The molecule has 6 heteroatoms. The Morgan fingerprint density at radius 1 is 1.25 bits per heavy atom.